The molecule has 24 heavy (non-hydrogen) atoms. The molecule has 3 rings (SSSR count). The molecule has 0 radical (unpaired) electrons. The second-order valence-electron chi connectivity index (χ2n) is 6.01. The molecule has 0 spiro atoms. The number of fused-ring (bicyclic) bond motifs is 1. The maximum absolute atomic E-state index is 12.2. The first-order chi connectivity index (χ1) is 11.5. The van der Waals surface area contributed by atoms with E-state index in [1.165, 1.54) is 0 Å². The van der Waals surface area contributed by atoms with E-state index in [1.807, 2.05) is 42.5 Å². The molecule has 6 heteroatoms. The Morgan fingerprint density at radius 3 is 2.62 bits per heavy atom. The summed E-state index contributed by atoms with van der Waals surface area (Å²) in [5.41, 5.74) is 6.34. The normalized spacial score (nSPS) is 18.2. The topological polar surface area (TPSA) is 101 Å². The Hall–Kier alpha value is -2.89. The van der Waals surface area contributed by atoms with Crippen LogP contribution in [0.3, 0.4) is 0 Å². The molecule has 124 valence electrons. The minimum Gasteiger partial charge on any atom is -0.368 e. The number of nitrogens with two attached hydrogens (primary N) is 1. The van der Waals surface area contributed by atoms with Crippen LogP contribution in [0.1, 0.15) is 18.4 Å². The van der Waals surface area contributed by atoms with Crippen molar-refractivity contribution in [3.8, 4) is 0 Å². The van der Waals surface area contributed by atoms with Crippen molar-refractivity contribution in [2.45, 2.75) is 31.3 Å². The van der Waals surface area contributed by atoms with Gasteiger partial charge < -0.3 is 16.4 Å². The Labute approximate surface area is 139 Å². The van der Waals surface area contributed by atoms with Crippen LogP contribution in [-0.2, 0) is 20.8 Å². The minimum absolute atomic E-state index is 0.152. The molecule has 2 aromatic carbocycles. The lowest BCUT2D eigenvalue weighted by Crippen LogP contribution is -2.51. The largest absolute Gasteiger partial charge is 0.368 e. The lowest BCUT2D eigenvalue weighted by atomic mass is 10.0. The van der Waals surface area contributed by atoms with Gasteiger partial charge in [0.05, 0.1) is 0 Å². The van der Waals surface area contributed by atoms with Crippen molar-refractivity contribution < 1.29 is 14.4 Å². The van der Waals surface area contributed by atoms with Gasteiger partial charge in [0.15, 0.2) is 0 Å². The van der Waals surface area contributed by atoms with Gasteiger partial charge in [-0.1, -0.05) is 42.5 Å². The zero-order valence-corrected chi connectivity index (χ0v) is 13.1. The maximum atomic E-state index is 12.2. The number of hydrogen-bond donors (Lipinski definition) is 3. The predicted octanol–water partition coefficient (Wildman–Crippen LogP) is 0.631. The Morgan fingerprint density at radius 1 is 1.21 bits per heavy atom. The van der Waals surface area contributed by atoms with Crippen LogP contribution in [0.15, 0.2) is 42.5 Å². The molecule has 1 heterocycles. The quantitative estimate of drug-likeness (QED) is 0.751. The standard InChI is InChI=1S/C18H19N3O3/c19-17(23)15(21-18(24)14-7-8-16(22)20-14)10-11-5-6-12-3-1-2-4-13(12)9-11/h1-6,9,14-15H,7-8,10H2,(H2,19,23)(H,20,22)(H,21,24)/t14-,15-/m0/s1. The molecule has 2 aromatic rings. The second kappa shape index (κ2) is 6.70. The average molecular weight is 325 g/mol. The number of rotatable bonds is 5. The third-order valence-electron chi connectivity index (χ3n) is 4.23. The average Bonchev–Trinajstić information content (AvgIpc) is 3.00. The lowest BCUT2D eigenvalue weighted by molar-refractivity contribution is -0.129. The Morgan fingerprint density at radius 2 is 1.96 bits per heavy atom. The van der Waals surface area contributed by atoms with Crippen molar-refractivity contribution in [2.75, 3.05) is 0 Å². The fourth-order valence-corrected chi connectivity index (χ4v) is 2.91. The third-order valence-corrected chi connectivity index (χ3v) is 4.23. The first kappa shape index (κ1) is 16.0. The minimum atomic E-state index is -0.809. The van der Waals surface area contributed by atoms with E-state index in [1.54, 1.807) is 0 Å². The molecular formula is C18H19N3O3. The molecule has 0 saturated carbocycles. The van der Waals surface area contributed by atoms with Gasteiger partial charge >= 0.3 is 0 Å². The molecule has 4 N–H and O–H groups in total. The number of hydrogen-bond acceptors (Lipinski definition) is 3. The van der Waals surface area contributed by atoms with Crippen molar-refractivity contribution in [3.05, 3.63) is 48.0 Å². The predicted molar refractivity (Wildman–Crippen MR) is 89.9 cm³/mol. The van der Waals surface area contributed by atoms with Crippen molar-refractivity contribution in [1.29, 1.82) is 0 Å². The summed E-state index contributed by atoms with van der Waals surface area (Å²) in [4.78, 5) is 35.1. The highest BCUT2D eigenvalue weighted by molar-refractivity contribution is 5.93. The van der Waals surface area contributed by atoms with Crippen LogP contribution in [0, 0.1) is 0 Å². The zero-order chi connectivity index (χ0) is 17.1. The lowest BCUT2D eigenvalue weighted by Gasteiger charge is -2.18. The van der Waals surface area contributed by atoms with E-state index in [0.717, 1.165) is 16.3 Å². The van der Waals surface area contributed by atoms with Crippen LogP contribution in [0.4, 0.5) is 0 Å². The summed E-state index contributed by atoms with van der Waals surface area (Å²) in [6, 6.07) is 12.4. The number of nitrogens with one attached hydrogen (secondary N) is 2. The third kappa shape index (κ3) is 3.53. The highest BCUT2D eigenvalue weighted by Gasteiger charge is 2.29. The van der Waals surface area contributed by atoms with E-state index in [4.69, 9.17) is 5.73 Å². The summed E-state index contributed by atoms with van der Waals surface area (Å²) in [6.07, 6.45) is 1.07. The zero-order valence-electron chi connectivity index (χ0n) is 13.1. The molecule has 6 nitrogen and oxygen atoms in total. The number of carbonyl (C=O) groups excluding carboxylic acids is 3. The van der Waals surface area contributed by atoms with Gasteiger partial charge in [-0.3, -0.25) is 14.4 Å². The van der Waals surface area contributed by atoms with E-state index >= 15 is 0 Å². The molecular weight excluding hydrogens is 306 g/mol. The Balaban J connectivity index is 1.72. The monoisotopic (exact) mass is 325 g/mol. The van der Waals surface area contributed by atoms with Gasteiger partial charge in [-0.2, -0.15) is 0 Å². The summed E-state index contributed by atoms with van der Waals surface area (Å²) in [5, 5.41) is 7.40. The van der Waals surface area contributed by atoms with Crippen LogP contribution >= 0.6 is 0 Å². The van der Waals surface area contributed by atoms with E-state index in [-0.39, 0.29) is 11.8 Å². The SMILES string of the molecule is NC(=O)[C@H](Cc1ccc2ccccc2c1)NC(=O)[C@@H]1CCC(=O)N1. The number of benzene rings is 2. The van der Waals surface area contributed by atoms with Gasteiger partial charge in [0.2, 0.25) is 17.7 Å². The van der Waals surface area contributed by atoms with Gasteiger partial charge in [0, 0.05) is 12.8 Å². The summed E-state index contributed by atoms with van der Waals surface area (Å²) in [7, 11) is 0. The molecule has 1 aliphatic heterocycles. The summed E-state index contributed by atoms with van der Waals surface area (Å²) in [5.74, 6) is -1.12. The summed E-state index contributed by atoms with van der Waals surface area (Å²) >= 11 is 0. The van der Waals surface area contributed by atoms with Crippen molar-refractivity contribution >= 4 is 28.5 Å². The fourth-order valence-electron chi connectivity index (χ4n) is 2.91. The molecule has 3 amide bonds. The molecule has 2 atom stereocenters. The van der Waals surface area contributed by atoms with E-state index in [0.29, 0.717) is 19.3 Å². The molecule has 1 saturated heterocycles. The van der Waals surface area contributed by atoms with Gasteiger partial charge in [-0.25, -0.2) is 0 Å². The van der Waals surface area contributed by atoms with Crippen LogP contribution in [0.25, 0.3) is 10.8 Å². The van der Waals surface area contributed by atoms with Crippen LogP contribution in [0.5, 0.6) is 0 Å². The first-order valence-electron chi connectivity index (χ1n) is 7.89. The van der Waals surface area contributed by atoms with E-state index in [9.17, 15) is 14.4 Å². The molecule has 0 aromatic heterocycles. The Kier molecular flexibility index (Phi) is 4.46. The summed E-state index contributed by atoms with van der Waals surface area (Å²) in [6.45, 7) is 0. The van der Waals surface area contributed by atoms with Gasteiger partial charge in [0.25, 0.3) is 0 Å². The van der Waals surface area contributed by atoms with Crippen LogP contribution in [0.2, 0.25) is 0 Å². The summed E-state index contributed by atoms with van der Waals surface area (Å²) < 4.78 is 0. The van der Waals surface area contributed by atoms with Crippen molar-refractivity contribution in [2.24, 2.45) is 5.73 Å². The smallest absolute Gasteiger partial charge is 0.243 e. The molecule has 0 aliphatic carbocycles. The highest BCUT2D eigenvalue weighted by atomic mass is 16.2. The second-order valence-corrected chi connectivity index (χ2v) is 6.01. The Bertz CT molecular complexity index is 803. The van der Waals surface area contributed by atoms with E-state index < -0.39 is 18.0 Å². The van der Waals surface area contributed by atoms with Gasteiger partial charge in [-0.05, 0) is 22.8 Å². The molecule has 1 aliphatic rings. The van der Waals surface area contributed by atoms with Crippen molar-refractivity contribution in [1.82, 2.24) is 10.6 Å². The number of primary amides is 1. The number of amides is 3. The van der Waals surface area contributed by atoms with Crippen LogP contribution < -0.4 is 16.4 Å². The van der Waals surface area contributed by atoms with E-state index in [2.05, 4.69) is 10.6 Å². The molecule has 1 fully saturated rings. The molecule has 0 bridgehead atoms. The molecule has 0 unspecified atom stereocenters. The maximum Gasteiger partial charge on any atom is 0.243 e. The fraction of sp³-hybridized carbons (Fsp3) is 0.278. The van der Waals surface area contributed by atoms with Gasteiger partial charge in [-0.15, -0.1) is 0 Å². The first-order valence-corrected chi connectivity index (χ1v) is 7.89. The van der Waals surface area contributed by atoms with Crippen LogP contribution in [-0.4, -0.2) is 29.8 Å². The van der Waals surface area contributed by atoms with Gasteiger partial charge in [0.1, 0.15) is 12.1 Å². The van der Waals surface area contributed by atoms with Crippen molar-refractivity contribution in [3.63, 3.8) is 0 Å². The highest BCUT2D eigenvalue weighted by Crippen LogP contribution is 2.17. The number of carbonyl (C=O) groups is 3.